The van der Waals surface area contributed by atoms with Crippen LogP contribution in [0, 0.1) is 0 Å². The maximum Gasteiger partial charge on any atom is 0.326 e. The second-order valence-corrected chi connectivity index (χ2v) is 4.29. The second-order valence-electron chi connectivity index (χ2n) is 3.84. The highest BCUT2D eigenvalue weighted by Gasteiger charge is 2.24. The molecule has 0 saturated heterocycles. The van der Waals surface area contributed by atoms with Gasteiger partial charge in [-0.2, -0.15) is 12.6 Å². The minimum absolute atomic E-state index is 0.0682. The van der Waals surface area contributed by atoms with Crippen molar-refractivity contribution in [2.45, 2.75) is 31.3 Å². The topological polar surface area (TPSA) is 153 Å². The van der Waals surface area contributed by atoms with E-state index in [0.717, 1.165) is 0 Å². The van der Waals surface area contributed by atoms with Crippen LogP contribution in [0.2, 0.25) is 0 Å². The first kappa shape index (κ1) is 18.0. The van der Waals surface area contributed by atoms with E-state index in [4.69, 9.17) is 15.3 Å². The van der Waals surface area contributed by atoms with E-state index in [1.165, 1.54) is 0 Å². The molecule has 0 aromatic heterocycles. The molecule has 9 nitrogen and oxygen atoms in total. The Labute approximate surface area is 119 Å². The summed E-state index contributed by atoms with van der Waals surface area (Å²) in [6.07, 6.45) is -0.669. The molecule has 0 aliphatic heterocycles. The Morgan fingerprint density at radius 1 is 0.900 bits per heavy atom. The summed E-state index contributed by atoms with van der Waals surface area (Å²) in [5.41, 5.74) is 0. The van der Waals surface area contributed by atoms with Gasteiger partial charge >= 0.3 is 23.9 Å². The van der Waals surface area contributed by atoms with Gasteiger partial charge in [-0.25, -0.2) is 14.4 Å². The minimum Gasteiger partial charge on any atom is -0.481 e. The van der Waals surface area contributed by atoms with E-state index in [0.29, 0.717) is 0 Å². The largest absolute Gasteiger partial charge is 0.481 e. The lowest BCUT2D eigenvalue weighted by Gasteiger charge is -2.17. The molecular formula is C10H16N2O7S. The number of aliphatic carboxylic acids is 3. The highest BCUT2D eigenvalue weighted by Crippen LogP contribution is 1.99. The number of thiol groups is 1. The molecule has 0 aromatic carbocycles. The van der Waals surface area contributed by atoms with Gasteiger partial charge in [-0.05, 0) is 18.6 Å². The maximum absolute atomic E-state index is 11.5. The number of carboxylic acid groups (broad SMARTS) is 3. The fraction of sp³-hybridized carbons (Fsp3) is 0.600. The van der Waals surface area contributed by atoms with Gasteiger partial charge in [0.2, 0.25) is 0 Å². The normalized spacial score (nSPS) is 13.1. The molecule has 114 valence electrons. The average Bonchev–Trinajstić information content (AvgIpc) is 2.33. The van der Waals surface area contributed by atoms with Crippen molar-refractivity contribution in [2.24, 2.45) is 0 Å². The highest BCUT2D eigenvalue weighted by atomic mass is 32.1. The number of nitrogens with one attached hydrogen (secondary N) is 2. The lowest BCUT2D eigenvalue weighted by Crippen LogP contribution is -2.51. The third-order valence-corrected chi connectivity index (χ3v) is 2.53. The molecule has 5 N–H and O–H groups in total. The molecule has 0 fully saturated rings. The molecule has 10 heteroatoms. The third-order valence-electron chi connectivity index (χ3n) is 2.27. The summed E-state index contributed by atoms with van der Waals surface area (Å²) in [5, 5.41) is 30.2. The van der Waals surface area contributed by atoms with Crippen LogP contribution in [0.1, 0.15) is 19.3 Å². The first-order chi connectivity index (χ1) is 9.27. The van der Waals surface area contributed by atoms with E-state index in [1.807, 2.05) is 5.32 Å². The van der Waals surface area contributed by atoms with E-state index in [9.17, 15) is 19.2 Å². The Balaban J connectivity index is 4.47. The second kappa shape index (κ2) is 9.02. The molecule has 0 aliphatic carbocycles. The van der Waals surface area contributed by atoms with Crippen LogP contribution in [0.5, 0.6) is 0 Å². The van der Waals surface area contributed by atoms with Crippen LogP contribution in [0.4, 0.5) is 4.79 Å². The predicted molar refractivity (Wildman–Crippen MR) is 69.9 cm³/mol. The standard InChI is InChI=1S/C10H16N2O7S/c13-7(14)2-1-5(8(15)16)11-10(19)12-6(3-4-20)9(17)18/h5-6,20H,1-4H2,(H,13,14)(H,15,16)(H,17,18)(H2,11,12,19)/t5?,6-/m0/s1. The molecule has 0 rings (SSSR count). The van der Waals surface area contributed by atoms with Gasteiger partial charge in [0.15, 0.2) is 0 Å². The number of amides is 2. The van der Waals surface area contributed by atoms with E-state index >= 15 is 0 Å². The first-order valence-electron chi connectivity index (χ1n) is 5.63. The molecule has 0 bridgehead atoms. The monoisotopic (exact) mass is 308 g/mol. The zero-order valence-corrected chi connectivity index (χ0v) is 11.3. The van der Waals surface area contributed by atoms with E-state index in [-0.39, 0.29) is 18.6 Å². The highest BCUT2D eigenvalue weighted by molar-refractivity contribution is 7.80. The Morgan fingerprint density at radius 2 is 1.35 bits per heavy atom. The van der Waals surface area contributed by atoms with E-state index in [2.05, 4.69) is 17.9 Å². The molecule has 2 amide bonds. The Hall–Kier alpha value is -1.97. The summed E-state index contributed by atoms with van der Waals surface area (Å²) in [5.74, 6) is -3.65. The van der Waals surface area contributed by atoms with Crippen molar-refractivity contribution in [1.29, 1.82) is 0 Å². The molecule has 0 heterocycles. The summed E-state index contributed by atoms with van der Waals surface area (Å²) in [4.78, 5) is 43.4. The fourth-order valence-electron chi connectivity index (χ4n) is 1.27. The lowest BCUT2D eigenvalue weighted by molar-refractivity contribution is -0.140. The van der Waals surface area contributed by atoms with Gasteiger partial charge in [0.1, 0.15) is 12.1 Å². The van der Waals surface area contributed by atoms with Crippen LogP contribution in [-0.2, 0) is 14.4 Å². The van der Waals surface area contributed by atoms with Gasteiger partial charge in [0, 0.05) is 6.42 Å². The van der Waals surface area contributed by atoms with E-state index in [1.54, 1.807) is 0 Å². The van der Waals surface area contributed by atoms with Crippen LogP contribution < -0.4 is 10.6 Å². The van der Waals surface area contributed by atoms with Gasteiger partial charge < -0.3 is 26.0 Å². The number of carbonyl (C=O) groups is 4. The van der Waals surface area contributed by atoms with Crippen molar-refractivity contribution in [1.82, 2.24) is 10.6 Å². The third kappa shape index (κ3) is 7.46. The zero-order chi connectivity index (χ0) is 15.7. The van der Waals surface area contributed by atoms with Crippen molar-refractivity contribution in [3.05, 3.63) is 0 Å². The van der Waals surface area contributed by atoms with Crippen molar-refractivity contribution >= 4 is 36.6 Å². The van der Waals surface area contributed by atoms with E-state index < -0.39 is 42.4 Å². The molecule has 0 aromatic rings. The molecule has 0 spiro atoms. The summed E-state index contributed by atoms with van der Waals surface area (Å²) in [7, 11) is 0. The minimum atomic E-state index is -1.41. The number of carbonyl (C=O) groups excluding carboxylic acids is 1. The van der Waals surface area contributed by atoms with Gasteiger partial charge in [0.05, 0.1) is 0 Å². The maximum atomic E-state index is 11.5. The number of carboxylic acids is 3. The van der Waals surface area contributed by atoms with Crippen LogP contribution in [0.15, 0.2) is 0 Å². The summed E-state index contributed by atoms with van der Waals surface area (Å²) in [6.45, 7) is 0. The Morgan fingerprint density at radius 3 is 1.70 bits per heavy atom. The Kier molecular flexibility index (Phi) is 8.13. The molecule has 0 aliphatic rings. The molecule has 0 radical (unpaired) electrons. The molecule has 2 atom stereocenters. The fourth-order valence-corrected chi connectivity index (χ4v) is 1.53. The first-order valence-corrected chi connectivity index (χ1v) is 6.26. The van der Waals surface area contributed by atoms with Crippen LogP contribution in [0.25, 0.3) is 0 Å². The number of hydrogen-bond acceptors (Lipinski definition) is 5. The van der Waals surface area contributed by atoms with Crippen molar-refractivity contribution in [3.63, 3.8) is 0 Å². The lowest BCUT2D eigenvalue weighted by atomic mass is 10.1. The molecule has 1 unspecified atom stereocenters. The van der Waals surface area contributed by atoms with Crippen molar-refractivity contribution < 1.29 is 34.5 Å². The molecule has 20 heavy (non-hydrogen) atoms. The van der Waals surface area contributed by atoms with Crippen molar-refractivity contribution in [3.8, 4) is 0 Å². The van der Waals surface area contributed by atoms with Gasteiger partial charge in [-0.1, -0.05) is 0 Å². The average molecular weight is 308 g/mol. The predicted octanol–water partition coefficient (Wildman–Crippen LogP) is -0.623. The number of urea groups is 1. The van der Waals surface area contributed by atoms with Crippen LogP contribution >= 0.6 is 12.6 Å². The molecular weight excluding hydrogens is 292 g/mol. The van der Waals surface area contributed by atoms with Gasteiger partial charge in [0.25, 0.3) is 0 Å². The number of rotatable bonds is 9. The van der Waals surface area contributed by atoms with Gasteiger partial charge in [-0.3, -0.25) is 4.79 Å². The van der Waals surface area contributed by atoms with Crippen molar-refractivity contribution in [2.75, 3.05) is 5.75 Å². The zero-order valence-electron chi connectivity index (χ0n) is 10.4. The molecule has 0 saturated carbocycles. The SMILES string of the molecule is O=C(O)CCC(NC(=O)N[C@@H](CCS)C(=O)O)C(=O)O. The van der Waals surface area contributed by atoms with Gasteiger partial charge in [-0.15, -0.1) is 0 Å². The summed E-state index contributed by atoms with van der Waals surface area (Å²) >= 11 is 3.84. The Bertz CT molecular complexity index is 388. The summed E-state index contributed by atoms with van der Waals surface area (Å²) in [6, 6.07) is -3.59. The van der Waals surface area contributed by atoms with Crippen LogP contribution in [-0.4, -0.2) is 57.1 Å². The summed E-state index contributed by atoms with van der Waals surface area (Å²) < 4.78 is 0. The quantitative estimate of drug-likeness (QED) is 0.310. The smallest absolute Gasteiger partial charge is 0.326 e. The number of hydrogen-bond donors (Lipinski definition) is 6. The van der Waals surface area contributed by atoms with Crippen LogP contribution in [0.3, 0.4) is 0 Å².